The Bertz CT molecular complexity index is 367. The van der Waals surface area contributed by atoms with Gasteiger partial charge in [0.15, 0.2) is 0 Å². The van der Waals surface area contributed by atoms with Gasteiger partial charge in [-0.25, -0.2) is 4.98 Å². The van der Waals surface area contributed by atoms with Crippen LogP contribution in [0.1, 0.15) is 13.8 Å². The maximum atomic E-state index is 11.3. The molecule has 3 unspecified atom stereocenters. The lowest BCUT2D eigenvalue weighted by Gasteiger charge is -2.16. The number of hydrogen-bond acceptors (Lipinski definition) is 4. The summed E-state index contributed by atoms with van der Waals surface area (Å²) in [5.74, 6) is 0.798. The standard InChI is InChI=1S/C11H21N3O2S/c1-9(8-16-3)13-11-12-5-6-14(11)7-10(2)17(4)15/h5-6,9-10H,7-8H2,1-4H3,(H,12,13). The van der Waals surface area contributed by atoms with Crippen LogP contribution in [0, 0.1) is 0 Å². The Hall–Kier alpha value is -0.880. The third kappa shape index (κ3) is 4.47. The fourth-order valence-corrected chi connectivity index (χ4v) is 1.86. The Morgan fingerprint density at radius 3 is 2.88 bits per heavy atom. The van der Waals surface area contributed by atoms with Crippen molar-refractivity contribution in [3.63, 3.8) is 0 Å². The zero-order chi connectivity index (χ0) is 12.8. The molecule has 17 heavy (non-hydrogen) atoms. The van der Waals surface area contributed by atoms with Crippen molar-refractivity contribution in [2.45, 2.75) is 31.7 Å². The molecule has 1 N–H and O–H groups in total. The molecule has 98 valence electrons. The molecule has 5 nitrogen and oxygen atoms in total. The number of rotatable bonds is 7. The maximum Gasteiger partial charge on any atom is 0.203 e. The van der Waals surface area contributed by atoms with E-state index in [0.29, 0.717) is 13.2 Å². The van der Waals surface area contributed by atoms with Crippen LogP contribution in [-0.2, 0) is 22.1 Å². The monoisotopic (exact) mass is 259 g/mol. The summed E-state index contributed by atoms with van der Waals surface area (Å²) in [7, 11) is 0.853. The van der Waals surface area contributed by atoms with Gasteiger partial charge in [-0.05, 0) is 13.8 Å². The summed E-state index contributed by atoms with van der Waals surface area (Å²) >= 11 is 0. The molecular weight excluding hydrogens is 238 g/mol. The molecule has 0 fully saturated rings. The lowest BCUT2D eigenvalue weighted by molar-refractivity contribution is 0.190. The zero-order valence-electron chi connectivity index (χ0n) is 10.8. The fourth-order valence-electron chi connectivity index (χ4n) is 1.49. The SMILES string of the molecule is COCC(C)Nc1nccn1CC(C)S(C)=O. The highest BCUT2D eigenvalue weighted by Gasteiger charge is 2.11. The summed E-state index contributed by atoms with van der Waals surface area (Å²) in [4.78, 5) is 4.25. The van der Waals surface area contributed by atoms with Gasteiger partial charge in [0.25, 0.3) is 0 Å². The lowest BCUT2D eigenvalue weighted by atomic mass is 10.4. The van der Waals surface area contributed by atoms with Crippen molar-refractivity contribution in [2.75, 3.05) is 25.3 Å². The van der Waals surface area contributed by atoms with E-state index < -0.39 is 10.8 Å². The second-order valence-corrected chi connectivity index (χ2v) is 6.02. The van der Waals surface area contributed by atoms with E-state index >= 15 is 0 Å². The van der Waals surface area contributed by atoms with Crippen LogP contribution < -0.4 is 5.32 Å². The van der Waals surface area contributed by atoms with E-state index in [2.05, 4.69) is 10.3 Å². The number of nitrogens with zero attached hydrogens (tertiary/aromatic N) is 2. The summed E-state index contributed by atoms with van der Waals surface area (Å²) in [5.41, 5.74) is 0. The molecule has 0 aliphatic heterocycles. The Morgan fingerprint density at radius 1 is 1.59 bits per heavy atom. The van der Waals surface area contributed by atoms with E-state index in [1.165, 1.54) is 0 Å². The molecule has 0 bridgehead atoms. The minimum Gasteiger partial charge on any atom is -0.383 e. The van der Waals surface area contributed by atoms with E-state index in [-0.39, 0.29) is 11.3 Å². The molecule has 0 saturated carbocycles. The van der Waals surface area contributed by atoms with E-state index in [1.54, 1.807) is 19.6 Å². The van der Waals surface area contributed by atoms with Gasteiger partial charge in [-0.15, -0.1) is 0 Å². The van der Waals surface area contributed by atoms with Gasteiger partial charge in [0.1, 0.15) is 0 Å². The van der Waals surface area contributed by atoms with Crippen molar-refractivity contribution in [3.05, 3.63) is 12.4 Å². The highest BCUT2D eigenvalue weighted by atomic mass is 32.2. The third-order valence-electron chi connectivity index (χ3n) is 2.53. The van der Waals surface area contributed by atoms with Gasteiger partial charge < -0.3 is 14.6 Å². The molecule has 0 radical (unpaired) electrons. The Labute approximate surface area is 105 Å². The van der Waals surface area contributed by atoms with Crippen LogP contribution in [0.25, 0.3) is 0 Å². The first-order valence-electron chi connectivity index (χ1n) is 5.63. The first-order chi connectivity index (χ1) is 8.04. The number of ether oxygens (including phenoxy) is 1. The van der Waals surface area contributed by atoms with Crippen LogP contribution in [0.2, 0.25) is 0 Å². The molecule has 1 rings (SSSR count). The first kappa shape index (κ1) is 14.2. The molecule has 1 aromatic heterocycles. The highest BCUT2D eigenvalue weighted by Crippen LogP contribution is 2.09. The summed E-state index contributed by atoms with van der Waals surface area (Å²) in [5, 5.41) is 3.38. The summed E-state index contributed by atoms with van der Waals surface area (Å²) < 4.78 is 18.4. The number of anilines is 1. The van der Waals surface area contributed by atoms with Crippen molar-refractivity contribution < 1.29 is 8.95 Å². The molecule has 3 atom stereocenters. The molecule has 0 aliphatic carbocycles. The second-order valence-electron chi connectivity index (χ2n) is 4.21. The normalized spacial score (nSPS) is 16.5. The van der Waals surface area contributed by atoms with E-state index in [0.717, 1.165) is 5.95 Å². The van der Waals surface area contributed by atoms with Crippen molar-refractivity contribution in [1.82, 2.24) is 9.55 Å². The molecule has 1 aromatic rings. The predicted octanol–water partition coefficient (Wildman–Crippen LogP) is 1.10. The van der Waals surface area contributed by atoms with Crippen molar-refractivity contribution in [2.24, 2.45) is 0 Å². The number of nitrogens with one attached hydrogen (secondary N) is 1. The lowest BCUT2D eigenvalue weighted by Crippen LogP contribution is -2.25. The van der Waals surface area contributed by atoms with Crippen molar-refractivity contribution in [1.29, 1.82) is 0 Å². The zero-order valence-corrected chi connectivity index (χ0v) is 11.7. The van der Waals surface area contributed by atoms with E-state index in [1.807, 2.05) is 24.6 Å². The Morgan fingerprint density at radius 2 is 2.29 bits per heavy atom. The van der Waals surface area contributed by atoms with E-state index in [4.69, 9.17) is 4.74 Å². The first-order valence-corrected chi connectivity index (χ1v) is 7.25. The van der Waals surface area contributed by atoms with Gasteiger partial charge in [-0.2, -0.15) is 0 Å². The number of aromatic nitrogens is 2. The molecule has 1 heterocycles. The van der Waals surface area contributed by atoms with Gasteiger partial charge in [-0.1, -0.05) is 0 Å². The fraction of sp³-hybridized carbons (Fsp3) is 0.727. The molecule has 0 saturated heterocycles. The average molecular weight is 259 g/mol. The second kappa shape index (κ2) is 6.76. The van der Waals surface area contributed by atoms with Gasteiger partial charge in [-0.3, -0.25) is 4.21 Å². The molecule has 0 spiro atoms. The Kier molecular flexibility index (Phi) is 5.64. The van der Waals surface area contributed by atoms with Gasteiger partial charge in [0.05, 0.1) is 6.61 Å². The van der Waals surface area contributed by atoms with Crippen LogP contribution in [0.3, 0.4) is 0 Å². The van der Waals surface area contributed by atoms with Crippen LogP contribution >= 0.6 is 0 Å². The number of methoxy groups -OCH3 is 1. The van der Waals surface area contributed by atoms with Crippen molar-refractivity contribution >= 4 is 16.7 Å². The topological polar surface area (TPSA) is 56.1 Å². The highest BCUT2D eigenvalue weighted by molar-refractivity contribution is 7.84. The van der Waals surface area contributed by atoms with Crippen LogP contribution in [0.4, 0.5) is 5.95 Å². The van der Waals surface area contributed by atoms with Crippen molar-refractivity contribution in [3.8, 4) is 0 Å². The van der Waals surface area contributed by atoms with Crippen LogP contribution in [0.5, 0.6) is 0 Å². The molecular formula is C11H21N3O2S. The van der Waals surface area contributed by atoms with Gasteiger partial charge in [0.2, 0.25) is 5.95 Å². The quantitative estimate of drug-likeness (QED) is 0.796. The maximum absolute atomic E-state index is 11.3. The van der Waals surface area contributed by atoms with Crippen LogP contribution in [0.15, 0.2) is 12.4 Å². The average Bonchev–Trinajstić information content (AvgIpc) is 2.65. The molecule has 0 aliphatic rings. The third-order valence-corrected chi connectivity index (χ3v) is 3.81. The predicted molar refractivity (Wildman–Crippen MR) is 70.7 cm³/mol. The van der Waals surface area contributed by atoms with Crippen LogP contribution in [-0.4, -0.2) is 45.0 Å². The van der Waals surface area contributed by atoms with E-state index in [9.17, 15) is 4.21 Å². The number of imidazole rings is 1. The summed E-state index contributed by atoms with van der Waals surface area (Å²) in [6, 6.07) is 0.198. The molecule has 0 aromatic carbocycles. The molecule has 6 heteroatoms. The summed E-state index contributed by atoms with van der Waals surface area (Å²) in [6.45, 7) is 5.33. The smallest absolute Gasteiger partial charge is 0.203 e. The minimum absolute atomic E-state index is 0.113. The Balaban J connectivity index is 2.62. The largest absolute Gasteiger partial charge is 0.383 e. The molecule has 0 amide bonds. The number of hydrogen-bond donors (Lipinski definition) is 1. The van der Waals surface area contributed by atoms with Gasteiger partial charge >= 0.3 is 0 Å². The minimum atomic E-state index is -0.820. The summed E-state index contributed by atoms with van der Waals surface area (Å²) in [6.07, 6.45) is 5.36. The van der Waals surface area contributed by atoms with Gasteiger partial charge in [0, 0.05) is 54.4 Å².